The molecule has 4 aliphatic rings. The van der Waals surface area contributed by atoms with Crippen LogP contribution in [0, 0.1) is 0 Å². The summed E-state index contributed by atoms with van der Waals surface area (Å²) in [6.07, 6.45) is 1.06. The minimum absolute atomic E-state index is 0.151. The Bertz CT molecular complexity index is 2560. The van der Waals surface area contributed by atoms with Gasteiger partial charge in [-0.2, -0.15) is 0 Å². The third kappa shape index (κ3) is 31.7. The molecule has 32 nitrogen and oxygen atoms in total. The number of hydrogen-bond acceptors (Lipinski definition) is 27. The number of carboxylic acids is 2. The summed E-state index contributed by atoms with van der Waals surface area (Å²) < 4.78 is 46.5. The average Bonchev–Trinajstić information content (AvgIpc) is 0.758. The van der Waals surface area contributed by atoms with E-state index in [1.54, 1.807) is 6.08 Å². The van der Waals surface area contributed by atoms with E-state index in [0.29, 0.717) is 12.8 Å². The number of carbonyl (C=O) groups is 5. The molecule has 0 aromatic rings. The Hall–Kier alpha value is -4.05. The van der Waals surface area contributed by atoms with E-state index in [2.05, 4.69) is 41.9 Å². The summed E-state index contributed by atoms with van der Waals surface area (Å²) >= 11 is 0. The number of ether oxygens (including phenoxy) is 8. The summed E-state index contributed by atoms with van der Waals surface area (Å²) in [4.78, 5) is 65.1. The number of carboxylic acid groups (broad SMARTS) is 2. The molecular formula is C76H135N3O29. The number of aliphatic hydroxyl groups is 14. The molecule has 0 radical (unpaired) electrons. The predicted octanol–water partition coefficient (Wildman–Crippen LogP) is 2.46. The normalized spacial score (nSPS) is 30.7. The van der Waals surface area contributed by atoms with Crippen molar-refractivity contribution in [1.82, 2.24) is 16.0 Å². The van der Waals surface area contributed by atoms with Gasteiger partial charge in [-0.1, -0.05) is 192 Å². The third-order valence-corrected chi connectivity index (χ3v) is 20.6. The second-order valence-electron chi connectivity index (χ2n) is 29.6. The van der Waals surface area contributed by atoms with Gasteiger partial charge in [-0.15, -0.1) is 0 Å². The van der Waals surface area contributed by atoms with Crippen molar-refractivity contribution in [2.24, 2.45) is 0 Å². The molecule has 3 unspecified atom stereocenters. The molecule has 0 spiro atoms. The zero-order valence-electron chi connectivity index (χ0n) is 64.1. The molecular weight excluding hydrogens is 1420 g/mol. The average molecular weight is 1550 g/mol. The fourth-order valence-electron chi connectivity index (χ4n) is 14.3. The van der Waals surface area contributed by atoms with Gasteiger partial charge in [-0.05, 0) is 44.9 Å². The van der Waals surface area contributed by atoms with E-state index in [1.807, 2.05) is 6.08 Å². The van der Waals surface area contributed by atoms with Crippen molar-refractivity contribution in [1.29, 1.82) is 0 Å². The number of rotatable bonds is 57. The molecule has 0 aromatic carbocycles. The number of aliphatic carboxylic acids is 2. The van der Waals surface area contributed by atoms with E-state index in [1.165, 1.54) is 122 Å². The van der Waals surface area contributed by atoms with E-state index < -0.39 is 216 Å². The van der Waals surface area contributed by atoms with Crippen LogP contribution >= 0.6 is 0 Å². The minimum atomic E-state index is -3.39. The number of amides is 3. The fraction of sp³-hybridized carbons (Fsp3) is 0.882. The highest BCUT2D eigenvalue weighted by atomic mass is 16.8. The first-order valence-electron chi connectivity index (χ1n) is 39.9. The van der Waals surface area contributed by atoms with Crippen LogP contribution in [-0.4, -0.2) is 290 Å². The first kappa shape index (κ1) is 96.3. The van der Waals surface area contributed by atoms with Gasteiger partial charge in [0.05, 0.1) is 69.5 Å². The van der Waals surface area contributed by atoms with Crippen LogP contribution in [0.5, 0.6) is 0 Å². The van der Waals surface area contributed by atoms with Gasteiger partial charge in [0.25, 0.3) is 11.6 Å². The van der Waals surface area contributed by atoms with Gasteiger partial charge in [0, 0.05) is 33.1 Å². The Balaban J connectivity index is 1.45. The predicted molar refractivity (Wildman–Crippen MR) is 391 cm³/mol. The highest BCUT2D eigenvalue weighted by molar-refractivity contribution is 5.78. The quantitative estimate of drug-likeness (QED) is 0.0307. The van der Waals surface area contributed by atoms with Gasteiger partial charge >= 0.3 is 11.9 Å². The van der Waals surface area contributed by atoms with Crippen molar-refractivity contribution in [2.45, 2.75) is 392 Å². The number of allylic oxidation sites excluding steroid dienone is 3. The van der Waals surface area contributed by atoms with E-state index in [4.69, 9.17) is 37.9 Å². The molecule has 4 aliphatic heterocycles. The summed E-state index contributed by atoms with van der Waals surface area (Å²) in [6, 6.07) is -4.73. The largest absolute Gasteiger partial charge is 0.477 e. The zero-order chi connectivity index (χ0) is 79.8. The van der Waals surface area contributed by atoms with E-state index in [-0.39, 0.29) is 12.3 Å². The first-order chi connectivity index (χ1) is 51.7. The van der Waals surface area contributed by atoms with Gasteiger partial charge in [-0.3, -0.25) is 14.4 Å². The lowest BCUT2D eigenvalue weighted by molar-refractivity contribution is -0.388. The Labute approximate surface area is 636 Å². The Kier molecular flexibility index (Phi) is 46.7. The minimum Gasteiger partial charge on any atom is -0.477 e. The molecule has 0 aliphatic carbocycles. The Morgan fingerprint density at radius 2 is 0.935 bits per heavy atom. The van der Waals surface area contributed by atoms with Crippen LogP contribution in [0.4, 0.5) is 0 Å². The molecule has 32 heteroatoms. The number of unbranched alkanes of at least 4 members (excludes halogenated alkanes) is 28. The zero-order valence-corrected chi connectivity index (χ0v) is 64.1. The molecule has 108 heavy (non-hydrogen) atoms. The molecule has 0 aromatic heterocycles. The highest BCUT2D eigenvalue weighted by Crippen LogP contribution is 2.41. The number of nitrogens with one attached hydrogen (secondary N) is 3. The topological polar surface area (TPSA) is 519 Å². The second kappa shape index (κ2) is 52.4. The van der Waals surface area contributed by atoms with E-state index in [9.17, 15) is 106 Å². The van der Waals surface area contributed by atoms with Crippen LogP contribution in [0.1, 0.15) is 246 Å². The molecule has 19 N–H and O–H groups in total. The van der Waals surface area contributed by atoms with E-state index >= 15 is 0 Å². The molecule has 3 amide bonds. The molecule has 628 valence electrons. The smallest absolute Gasteiger partial charge is 0.364 e. The lowest BCUT2D eigenvalue weighted by Gasteiger charge is -2.51. The fourth-order valence-corrected chi connectivity index (χ4v) is 14.3. The molecule has 4 fully saturated rings. The Morgan fingerprint density at radius 1 is 0.500 bits per heavy atom. The summed E-state index contributed by atoms with van der Waals surface area (Å²) in [5, 5.41) is 185. The summed E-state index contributed by atoms with van der Waals surface area (Å²) in [6.45, 7) is 1.12. The van der Waals surface area contributed by atoms with Crippen LogP contribution in [-0.2, 0) is 61.9 Å². The SMILES string of the molecule is CCCCCCCCC=CCCCCCCCCCCCCCC(=O)N[C@@H](CO[C@@H]1O[C@H](CO)[C@@H](O[C@@H]2O[C@H](CO)[C@H](O)[C@H](O[C@]3(C(=O)O)C[C@H](O)[C@@H](NC(C)=O)C([C@H](O)[C@@H](CO)O[C@]4(C(=O)O)C[C@H](O)[C@@H](NC(C)=O)C([C@H](O)[C@H](O)CO)O4)O3)[C@H]2O)[C@H](O)C1O)[C@H](O)C=CCCCCCCCCCCCCC. The molecule has 24 atom stereocenters. The standard InChI is InChI=1S/C76H135N3O29/c1-5-7-9-11-13-15-17-19-20-21-22-23-24-25-26-28-30-32-34-36-38-40-58(90)79-50(51(86)39-37-35-33-31-29-27-18-16-14-12-10-8-6-2)47-101-71-65(95)64(94)67(57(46-83)103-71)104-72-66(96)70(62(92)55(44-81)102-72)108-76(74(99)100)42-53(88)60(78-49(4)85)69(107-76)63(93)56(45-82)105-75(73(97)98)41-52(87)59(77-48(3)84)68(106-75)61(91)54(89)43-80/h19-20,37,39,50-57,59-72,80-83,86-89,91-96H,5-18,21-36,38,40-47H2,1-4H3,(H,77,84)(H,78,85)(H,79,90)(H,97,98)(H,99,100)/t50-,51+,52-,53-,54+,55+,56+,57+,59+,60+,61+,62-,63+,64+,65?,66+,67+,68?,69?,70-,71+,72-,75+,76-/m0/s1. The van der Waals surface area contributed by atoms with Gasteiger partial charge in [0.1, 0.15) is 85.5 Å². The second-order valence-corrected chi connectivity index (χ2v) is 29.6. The van der Waals surface area contributed by atoms with Gasteiger partial charge < -0.3 is 136 Å². The first-order valence-corrected chi connectivity index (χ1v) is 39.9. The van der Waals surface area contributed by atoms with Crippen molar-refractivity contribution < 1.29 is 144 Å². The van der Waals surface area contributed by atoms with Crippen molar-refractivity contribution in [2.75, 3.05) is 33.0 Å². The monoisotopic (exact) mass is 1550 g/mol. The summed E-state index contributed by atoms with van der Waals surface area (Å²) in [5.41, 5.74) is 0. The van der Waals surface area contributed by atoms with Crippen molar-refractivity contribution in [3.8, 4) is 0 Å². The van der Waals surface area contributed by atoms with Gasteiger partial charge in [0.15, 0.2) is 12.6 Å². The van der Waals surface area contributed by atoms with E-state index in [0.717, 1.165) is 78.1 Å². The van der Waals surface area contributed by atoms with Crippen molar-refractivity contribution in [3.05, 3.63) is 24.3 Å². The molecule has 4 saturated heterocycles. The number of aliphatic hydroxyl groups excluding tert-OH is 14. The van der Waals surface area contributed by atoms with Crippen LogP contribution in [0.25, 0.3) is 0 Å². The Morgan fingerprint density at radius 3 is 1.39 bits per heavy atom. The lowest BCUT2D eigenvalue weighted by Crippen LogP contribution is -2.72. The molecule has 0 saturated carbocycles. The molecule has 4 heterocycles. The van der Waals surface area contributed by atoms with Crippen LogP contribution < -0.4 is 16.0 Å². The van der Waals surface area contributed by atoms with Crippen LogP contribution in [0.2, 0.25) is 0 Å². The third-order valence-electron chi connectivity index (χ3n) is 20.6. The number of hydrogen-bond donors (Lipinski definition) is 19. The summed E-state index contributed by atoms with van der Waals surface area (Å²) in [7, 11) is 0. The van der Waals surface area contributed by atoms with Crippen molar-refractivity contribution in [3.63, 3.8) is 0 Å². The lowest BCUT2D eigenvalue weighted by atomic mass is 9.87. The number of carbonyl (C=O) groups excluding carboxylic acids is 3. The maximum Gasteiger partial charge on any atom is 0.364 e. The van der Waals surface area contributed by atoms with Crippen molar-refractivity contribution >= 4 is 29.7 Å². The maximum atomic E-state index is 13.6. The van der Waals surface area contributed by atoms with Gasteiger partial charge in [-0.25, -0.2) is 9.59 Å². The molecule has 0 bridgehead atoms. The van der Waals surface area contributed by atoms with Gasteiger partial charge in [0.2, 0.25) is 17.7 Å². The maximum absolute atomic E-state index is 13.6. The van der Waals surface area contributed by atoms with Crippen LogP contribution in [0.3, 0.4) is 0 Å². The molecule has 4 rings (SSSR count). The van der Waals surface area contributed by atoms with Crippen LogP contribution in [0.15, 0.2) is 24.3 Å². The highest BCUT2D eigenvalue weighted by Gasteiger charge is 2.62. The summed E-state index contributed by atoms with van der Waals surface area (Å²) in [5.74, 6) is -13.1.